The number of aliphatic hydroxyl groups is 1. The topological polar surface area (TPSA) is 409 Å². The second kappa shape index (κ2) is 51.6. The van der Waals surface area contributed by atoms with Gasteiger partial charge in [-0.05, 0) is 151 Å². The largest absolute Gasteiger partial charge is 0.481 e. The molecule has 0 bridgehead atoms. The van der Waals surface area contributed by atoms with Gasteiger partial charge in [0, 0.05) is 32.5 Å². The van der Waals surface area contributed by atoms with Crippen LogP contribution in [0.25, 0.3) is 0 Å². The molecule has 0 radical (unpaired) electrons. The Morgan fingerprint density at radius 1 is 0.535 bits per heavy atom. The van der Waals surface area contributed by atoms with E-state index >= 15 is 0 Å². The van der Waals surface area contributed by atoms with Crippen molar-refractivity contribution < 1.29 is 101 Å². The van der Waals surface area contributed by atoms with E-state index in [2.05, 4.69) is 100.0 Å². The van der Waals surface area contributed by atoms with E-state index in [0.717, 1.165) is 0 Å². The predicted octanol–water partition coefficient (Wildman–Crippen LogP) is 10.7. The molecule has 0 aromatic carbocycles. The van der Waals surface area contributed by atoms with E-state index in [1.165, 1.54) is 28.9 Å². The zero-order valence-electron chi connectivity index (χ0n) is 70.2. The number of ether oxygens (including phenoxy) is 4. The van der Waals surface area contributed by atoms with Crippen LogP contribution in [0.5, 0.6) is 0 Å². The molecule has 0 aromatic rings. The van der Waals surface area contributed by atoms with E-state index in [1.807, 2.05) is 6.92 Å². The molecule has 0 saturated carbocycles. The van der Waals surface area contributed by atoms with Gasteiger partial charge in [-0.2, -0.15) is 0 Å². The van der Waals surface area contributed by atoms with Gasteiger partial charge in [-0.3, -0.25) is 77.0 Å². The van der Waals surface area contributed by atoms with Gasteiger partial charge >= 0.3 is 29.8 Å². The third-order valence-corrected chi connectivity index (χ3v) is 28.2. The fourth-order valence-corrected chi connectivity index (χ4v) is 13.3. The van der Waals surface area contributed by atoms with Gasteiger partial charge in [0.25, 0.3) is 17.7 Å². The van der Waals surface area contributed by atoms with Crippen molar-refractivity contribution in [1.82, 2.24) is 47.3 Å². The zero-order chi connectivity index (χ0) is 89.9. The average molecular weight is 1850 g/mol. The summed E-state index contributed by atoms with van der Waals surface area (Å²) < 4.78 is 43.1. The minimum absolute atomic E-state index is 0.00798. The third-order valence-electron chi connectivity index (χ3n) is 18.1. The van der Waals surface area contributed by atoms with Crippen LogP contribution in [0.1, 0.15) is 183 Å². The van der Waals surface area contributed by atoms with Crippen molar-refractivity contribution in [2.24, 2.45) is 17.6 Å². The number of carboxylic acid groups (broad SMARTS) is 1. The van der Waals surface area contributed by atoms with E-state index in [4.69, 9.17) is 144 Å². The normalized spacial score (nSPS) is 19.1. The molecule has 0 aliphatic carbocycles. The van der Waals surface area contributed by atoms with Crippen molar-refractivity contribution >= 4 is 192 Å². The number of alkyl halides is 10. The molecule has 10 N–H and O–H groups in total. The number of Topliss-reactive ketones (excluding diaryl/α,β-unsaturated/α-hetero) is 1. The third kappa shape index (κ3) is 45.4. The average Bonchev–Trinajstić information content (AvgIpc) is 0.827. The summed E-state index contributed by atoms with van der Waals surface area (Å²) in [4.78, 5) is 149. The monoisotopic (exact) mass is 1840 g/mol. The summed E-state index contributed by atoms with van der Waals surface area (Å²) in [6, 6.07) is -6.11. The lowest BCUT2D eigenvalue weighted by molar-refractivity contribution is -0.159. The number of carboxylic acids is 1. The van der Waals surface area contributed by atoms with E-state index in [1.54, 1.807) is 79.7 Å². The van der Waals surface area contributed by atoms with Crippen molar-refractivity contribution in [3.8, 4) is 0 Å². The number of allylic oxidation sites excluding steroid dienone is 3. The molecule has 3 rings (SSSR count). The minimum atomic E-state index is -2.24. The number of aliphatic carboxylic acids is 1. The summed E-state index contributed by atoms with van der Waals surface area (Å²) >= 11 is 50.5. The Hall–Kier alpha value is -3.99. The van der Waals surface area contributed by atoms with Gasteiger partial charge in [0.15, 0.2) is 16.6 Å². The standard InChI is InChI=1S/C26H44Cl3N3O6Si.C20H37Cl3N4O5Si.C20H32Cl3N3O7.C5H8O2.CH3F/c1-9-10-12-19(33)15-20(18(3)38-39(7,8)25(4,5)6)22(34)30-17(2)23(35)32-14-11-13-21(31-32)24(36)37-16-26(27,28)29;1-12(25-16(28)15(24)13(2)32-33(6,7)19(3,4)5)17(29)27-10-8-9-14(26-27)18(30)31-11-20(21,22)23;1-11(24-16(29)13(12(2)27)9-15(28)33-19(3,4)5)17(30)26-8-6-7-14(25-26)18(31)32-10-20(21,22)23;1-2-3-4-5(6)7;1-2/h9-10,17-18,20-21,31H,11-16H2,1-8H3,(H,30,34);12-15,26H,8-11,24H2,1-7H3,(H,25,28);11-14,25,27H,6-10H2,1-5H3,(H,24,29);2-3H,4H2,1H3,(H,6,7);1H3/b10-9+;;;3-2+;/t17-,18+,20-,21-;12-,13+,14-,15-;11-,12+,13-,14-;;/m000../s1/i;;;;1D. The first kappa shape index (κ1) is 110. The van der Waals surface area contributed by atoms with Crippen LogP contribution in [0.15, 0.2) is 24.3 Å². The van der Waals surface area contributed by atoms with Crippen molar-refractivity contribution in [2.45, 2.75) is 296 Å². The summed E-state index contributed by atoms with van der Waals surface area (Å²) in [5.41, 5.74) is 13.8. The van der Waals surface area contributed by atoms with Crippen molar-refractivity contribution in [3.63, 3.8) is 0 Å². The van der Waals surface area contributed by atoms with Crippen LogP contribution in [-0.4, -0.2) is 237 Å². The fraction of sp³-hybridized carbons (Fsp3) is 0.778. The number of hydrogen-bond donors (Lipinski definition) is 9. The summed E-state index contributed by atoms with van der Waals surface area (Å²) in [6.07, 6.45) is 7.54. The first-order chi connectivity index (χ1) is 52.3. The van der Waals surface area contributed by atoms with Gasteiger partial charge in [0.1, 0.15) is 73.5 Å². The van der Waals surface area contributed by atoms with Crippen LogP contribution >= 0.6 is 104 Å². The highest BCUT2D eigenvalue weighted by Gasteiger charge is 2.45. The van der Waals surface area contributed by atoms with Crippen LogP contribution in [0.4, 0.5) is 4.39 Å². The Kier molecular flexibility index (Phi) is 49.8. The molecule has 30 nitrogen and oxygen atoms in total. The molecule has 6 amide bonds. The van der Waals surface area contributed by atoms with Crippen LogP contribution in [-0.2, 0) is 85.3 Å². The molecular weight excluding hydrogens is 1720 g/mol. The molecule has 0 aromatic heterocycles. The number of amides is 6. The number of halogens is 10. The molecule has 3 fully saturated rings. The highest BCUT2D eigenvalue weighted by Crippen LogP contribution is 2.40. The maximum absolute atomic E-state index is 13.4. The van der Waals surface area contributed by atoms with E-state index in [0.29, 0.717) is 58.2 Å². The fourth-order valence-electron chi connectivity index (χ4n) is 9.91. The van der Waals surface area contributed by atoms with Gasteiger partial charge in [-0.15, -0.1) is 0 Å². The SMILES string of the molecule is C/C=C/CC(=O)C[C@H](C(=O)N[C@@H](C)C(=O)N1CCC[C@@H](C(=O)OCC(Cl)(Cl)Cl)N1)[C@@H](C)O[Si](C)(C)C(C)(C)C.C/C=C/CC(=O)O.C[C@H](NC(=O)[C@@H](CC(=O)OC(C)(C)C)[C@@H](C)O)C(=O)N1CCC[C@@H](C(=O)OCC(Cl)(Cl)Cl)N1.C[C@H](NC(=O)[C@@H](N)[C@@H](C)O[Si](C)(C)C(C)(C)C)C(=O)N1CCC[C@@H](C(=O)OCC(Cl)(Cl)Cl)N1.[2H]CF. The maximum atomic E-state index is 13.4. The van der Waals surface area contributed by atoms with Gasteiger partial charge in [0.2, 0.25) is 29.1 Å². The van der Waals surface area contributed by atoms with E-state index in [-0.39, 0.29) is 41.5 Å². The summed E-state index contributed by atoms with van der Waals surface area (Å²) in [5.74, 6) is -8.29. The molecule has 3 aliphatic rings. The van der Waals surface area contributed by atoms with Gasteiger partial charge < -0.3 is 59.7 Å². The van der Waals surface area contributed by atoms with E-state index in [9.17, 15) is 67.0 Å². The highest BCUT2D eigenvalue weighted by atomic mass is 35.6. The molecule has 3 heterocycles. The number of nitrogens with one attached hydrogen (secondary N) is 6. The quantitative estimate of drug-likeness (QED) is 0.0106. The number of esters is 4. The number of hydrogen-bond acceptors (Lipinski definition) is 23. The Morgan fingerprint density at radius 2 is 0.842 bits per heavy atom. The van der Waals surface area contributed by atoms with Crippen molar-refractivity contribution in [1.29, 1.82) is 0 Å². The molecule has 3 saturated heterocycles. The number of nitrogens with two attached hydrogens (primary N) is 1. The number of carbonyl (C=O) groups excluding carboxylic acids is 11. The van der Waals surface area contributed by atoms with Crippen LogP contribution in [0.2, 0.25) is 36.3 Å². The highest BCUT2D eigenvalue weighted by molar-refractivity contribution is 6.74. The lowest BCUT2D eigenvalue weighted by atomic mass is 9.94. The Bertz CT molecular complexity index is 3200. The molecule has 0 spiro atoms. The first-order valence-corrected chi connectivity index (χ1v) is 46.2. The molecule has 42 heteroatoms. The predicted molar refractivity (Wildman–Crippen MR) is 446 cm³/mol. The smallest absolute Gasteiger partial charge is 0.325 e. The maximum Gasteiger partial charge on any atom is 0.325 e. The minimum Gasteiger partial charge on any atom is -0.481 e. The number of hydrazine groups is 3. The van der Waals surface area contributed by atoms with Crippen molar-refractivity contribution in [3.05, 3.63) is 24.3 Å². The molecule has 114 heavy (non-hydrogen) atoms. The number of carbonyl (C=O) groups is 12. The molecular formula is C72H124Cl9FN10O20Si2. The molecule has 12 atom stereocenters. The first-order valence-electron chi connectivity index (χ1n) is 37.7. The summed E-state index contributed by atoms with van der Waals surface area (Å²) in [7, 11) is -5.35. The second-order valence-electron chi connectivity index (χ2n) is 31.4. The Labute approximate surface area is 720 Å². The Balaban J connectivity index is 0. The van der Waals surface area contributed by atoms with Crippen LogP contribution in [0, 0.1) is 11.8 Å². The second-order valence-corrected chi connectivity index (χ2v) is 48.5. The van der Waals surface area contributed by atoms with Crippen LogP contribution in [0.3, 0.4) is 0 Å². The number of aliphatic hydroxyl groups excluding tert-OH is 1. The number of nitrogens with zero attached hydrogens (tertiary/aromatic N) is 3. The summed E-state index contributed by atoms with van der Waals surface area (Å²) in [6.45, 7) is 38.9. The van der Waals surface area contributed by atoms with Crippen LogP contribution < -0.4 is 38.0 Å². The molecule has 0 unspecified atom stereocenters. The lowest BCUT2D eigenvalue weighted by Gasteiger charge is -2.40. The molecule has 660 valence electrons. The number of ketones is 1. The number of rotatable bonds is 30. The zero-order valence-corrected chi connectivity index (χ0v) is 78.0. The summed E-state index contributed by atoms with van der Waals surface area (Å²) in [5, 5.41) is 29.6. The van der Waals surface area contributed by atoms with E-state index < -0.39 is 198 Å². The van der Waals surface area contributed by atoms with Gasteiger partial charge in [-0.25, -0.2) is 16.3 Å². The van der Waals surface area contributed by atoms with Gasteiger partial charge in [0.05, 0.1) is 51.5 Å². The lowest BCUT2D eigenvalue weighted by Crippen LogP contribution is -2.61. The Morgan fingerprint density at radius 3 is 1.12 bits per heavy atom. The molecule has 3 aliphatic heterocycles. The van der Waals surface area contributed by atoms with Gasteiger partial charge in [-0.1, -0.05) is 170 Å². The van der Waals surface area contributed by atoms with Crippen molar-refractivity contribution in [2.75, 3.05) is 46.6 Å².